The van der Waals surface area contributed by atoms with E-state index in [1.807, 2.05) is 0 Å². The lowest BCUT2D eigenvalue weighted by atomic mass is 10.2. The van der Waals surface area contributed by atoms with Gasteiger partial charge in [0.25, 0.3) is 0 Å². The van der Waals surface area contributed by atoms with Crippen molar-refractivity contribution in [2.75, 3.05) is 0 Å². The van der Waals surface area contributed by atoms with Gasteiger partial charge in [-0.1, -0.05) is 11.6 Å². The zero-order valence-electron chi connectivity index (χ0n) is 11.0. The molecule has 0 atom stereocenters. The van der Waals surface area contributed by atoms with Gasteiger partial charge < -0.3 is 5.11 Å². The summed E-state index contributed by atoms with van der Waals surface area (Å²) in [6, 6.07) is 3.61. The van der Waals surface area contributed by atoms with Gasteiger partial charge in [0.05, 0.1) is 28.8 Å². The second kappa shape index (κ2) is 6.10. The fourth-order valence-electron chi connectivity index (χ4n) is 1.72. The van der Waals surface area contributed by atoms with E-state index in [1.54, 1.807) is 13.1 Å². The normalized spacial score (nSPS) is 11.8. The molecule has 0 aliphatic carbocycles. The van der Waals surface area contributed by atoms with E-state index in [-0.39, 0.29) is 22.0 Å². The molecule has 2 rings (SSSR count). The lowest BCUT2D eigenvalue weighted by Gasteiger charge is -2.10. The van der Waals surface area contributed by atoms with Crippen molar-refractivity contribution in [2.45, 2.75) is 18.0 Å². The molecule has 1 aromatic carbocycles. The predicted octanol–water partition coefficient (Wildman–Crippen LogP) is 1.18. The van der Waals surface area contributed by atoms with Gasteiger partial charge in [-0.05, 0) is 18.2 Å². The molecule has 0 spiro atoms. The Morgan fingerprint density at radius 1 is 1.48 bits per heavy atom. The number of benzene rings is 1. The molecule has 21 heavy (non-hydrogen) atoms. The van der Waals surface area contributed by atoms with Crippen LogP contribution in [0.1, 0.15) is 11.3 Å². The van der Waals surface area contributed by atoms with Crippen molar-refractivity contribution >= 4 is 21.6 Å². The van der Waals surface area contributed by atoms with Gasteiger partial charge in [-0.15, -0.1) is 0 Å². The zero-order chi connectivity index (χ0) is 15.6. The molecule has 2 N–H and O–H groups in total. The number of aliphatic hydroxyl groups is 1. The molecule has 1 heterocycles. The maximum absolute atomic E-state index is 13.6. The van der Waals surface area contributed by atoms with Gasteiger partial charge in [-0.3, -0.25) is 4.68 Å². The summed E-state index contributed by atoms with van der Waals surface area (Å²) in [5.41, 5.74) is 0.660. The molecule has 0 amide bonds. The summed E-state index contributed by atoms with van der Waals surface area (Å²) in [4.78, 5) is -0.296. The number of rotatable bonds is 5. The SMILES string of the molecule is Cn1nccc1CNS(=O)(=O)c1cc(F)c(Cl)c(CO)c1. The van der Waals surface area contributed by atoms with Crippen molar-refractivity contribution < 1.29 is 17.9 Å². The molecule has 9 heteroatoms. The highest BCUT2D eigenvalue weighted by atomic mass is 35.5. The number of nitrogens with zero attached hydrogens (tertiary/aromatic N) is 2. The summed E-state index contributed by atoms with van der Waals surface area (Å²) < 4.78 is 41.7. The smallest absolute Gasteiger partial charge is 0.241 e. The van der Waals surface area contributed by atoms with Crippen LogP contribution in [0.2, 0.25) is 5.02 Å². The molecule has 0 radical (unpaired) electrons. The molecule has 2 aromatic rings. The Morgan fingerprint density at radius 2 is 2.19 bits per heavy atom. The van der Waals surface area contributed by atoms with Crippen molar-refractivity contribution in [1.29, 1.82) is 0 Å². The van der Waals surface area contributed by atoms with E-state index in [0.717, 1.165) is 12.1 Å². The molecular weight excluding hydrogens is 321 g/mol. The summed E-state index contributed by atoms with van der Waals surface area (Å²) >= 11 is 5.63. The largest absolute Gasteiger partial charge is 0.392 e. The van der Waals surface area contributed by atoms with Crippen LogP contribution in [0.25, 0.3) is 0 Å². The maximum Gasteiger partial charge on any atom is 0.241 e. The maximum atomic E-state index is 13.6. The number of hydrogen-bond donors (Lipinski definition) is 2. The summed E-state index contributed by atoms with van der Waals surface area (Å²) in [5.74, 6) is -0.899. The summed E-state index contributed by atoms with van der Waals surface area (Å²) in [6.07, 6.45) is 1.54. The predicted molar refractivity (Wildman–Crippen MR) is 74.6 cm³/mol. The van der Waals surface area contributed by atoms with E-state index >= 15 is 0 Å². The van der Waals surface area contributed by atoms with E-state index in [1.165, 1.54) is 10.9 Å². The Balaban J connectivity index is 2.27. The molecule has 0 unspecified atom stereocenters. The second-order valence-electron chi connectivity index (χ2n) is 4.31. The Bertz CT molecular complexity index is 761. The number of hydrogen-bond acceptors (Lipinski definition) is 4. The molecule has 0 saturated carbocycles. The zero-order valence-corrected chi connectivity index (χ0v) is 12.6. The quantitative estimate of drug-likeness (QED) is 0.860. The molecule has 0 fully saturated rings. The van der Waals surface area contributed by atoms with Crippen LogP contribution in [-0.4, -0.2) is 23.3 Å². The average molecular weight is 334 g/mol. The van der Waals surface area contributed by atoms with E-state index < -0.39 is 22.4 Å². The van der Waals surface area contributed by atoms with Crippen molar-refractivity contribution in [2.24, 2.45) is 7.05 Å². The molecule has 114 valence electrons. The number of aliphatic hydroxyl groups excluding tert-OH is 1. The van der Waals surface area contributed by atoms with Crippen LogP contribution in [0.3, 0.4) is 0 Å². The first-order valence-corrected chi connectivity index (χ1v) is 7.76. The van der Waals surface area contributed by atoms with Crippen LogP contribution in [0.4, 0.5) is 4.39 Å². The Hall–Kier alpha value is -1.48. The summed E-state index contributed by atoms with van der Waals surface area (Å²) in [7, 11) is -2.25. The minimum atomic E-state index is -3.93. The Morgan fingerprint density at radius 3 is 2.76 bits per heavy atom. The highest BCUT2D eigenvalue weighted by Gasteiger charge is 2.19. The van der Waals surface area contributed by atoms with Crippen LogP contribution >= 0.6 is 11.6 Å². The molecule has 0 aliphatic rings. The fourth-order valence-corrected chi connectivity index (χ4v) is 2.95. The van der Waals surface area contributed by atoms with E-state index in [9.17, 15) is 12.8 Å². The fraction of sp³-hybridized carbons (Fsp3) is 0.250. The van der Waals surface area contributed by atoms with Gasteiger partial charge in [0.15, 0.2) is 0 Å². The van der Waals surface area contributed by atoms with E-state index in [4.69, 9.17) is 16.7 Å². The number of nitrogens with one attached hydrogen (secondary N) is 1. The molecule has 0 bridgehead atoms. The third-order valence-corrected chi connectivity index (χ3v) is 4.73. The summed E-state index contributed by atoms with van der Waals surface area (Å²) in [6.45, 7) is -0.543. The van der Waals surface area contributed by atoms with Gasteiger partial charge in [0.1, 0.15) is 5.82 Å². The van der Waals surface area contributed by atoms with Crippen LogP contribution < -0.4 is 4.72 Å². The number of aromatic nitrogens is 2. The van der Waals surface area contributed by atoms with Gasteiger partial charge >= 0.3 is 0 Å². The van der Waals surface area contributed by atoms with Crippen molar-refractivity contribution in [3.8, 4) is 0 Å². The van der Waals surface area contributed by atoms with Gasteiger partial charge in [0, 0.05) is 18.8 Å². The van der Waals surface area contributed by atoms with E-state index in [0.29, 0.717) is 5.69 Å². The average Bonchev–Trinajstić information content (AvgIpc) is 2.85. The Kier molecular flexibility index (Phi) is 4.62. The number of sulfonamides is 1. The first-order valence-electron chi connectivity index (χ1n) is 5.90. The van der Waals surface area contributed by atoms with Gasteiger partial charge in [0.2, 0.25) is 10.0 Å². The van der Waals surface area contributed by atoms with E-state index in [2.05, 4.69) is 9.82 Å². The number of halogens is 2. The highest BCUT2D eigenvalue weighted by Crippen LogP contribution is 2.24. The Labute approximate surface area is 126 Å². The monoisotopic (exact) mass is 333 g/mol. The van der Waals surface area contributed by atoms with Crippen LogP contribution in [0.5, 0.6) is 0 Å². The van der Waals surface area contributed by atoms with Crippen LogP contribution in [0, 0.1) is 5.82 Å². The molecule has 0 aliphatic heterocycles. The minimum absolute atomic E-state index is 0.0114. The molecular formula is C12H13ClFN3O3S. The molecule has 1 aromatic heterocycles. The third-order valence-electron chi connectivity index (χ3n) is 2.92. The first kappa shape index (κ1) is 15.9. The lowest BCUT2D eigenvalue weighted by Crippen LogP contribution is -2.24. The molecule has 0 saturated heterocycles. The topological polar surface area (TPSA) is 84.2 Å². The standard InChI is InChI=1S/C12H13ClFN3O3S/c1-17-9(2-3-15-17)6-16-21(19,20)10-4-8(7-18)12(13)11(14)5-10/h2-5,16,18H,6-7H2,1H3. The first-order chi connectivity index (χ1) is 9.85. The third kappa shape index (κ3) is 3.41. The number of aryl methyl sites for hydroxylation is 1. The van der Waals surface area contributed by atoms with Gasteiger partial charge in [-0.25, -0.2) is 17.5 Å². The van der Waals surface area contributed by atoms with Crippen molar-refractivity contribution in [1.82, 2.24) is 14.5 Å². The molecule has 6 nitrogen and oxygen atoms in total. The lowest BCUT2D eigenvalue weighted by molar-refractivity contribution is 0.281. The van der Waals surface area contributed by atoms with Crippen LogP contribution in [-0.2, 0) is 30.2 Å². The van der Waals surface area contributed by atoms with Gasteiger partial charge in [-0.2, -0.15) is 5.10 Å². The second-order valence-corrected chi connectivity index (χ2v) is 6.45. The summed E-state index contributed by atoms with van der Waals surface area (Å²) in [5, 5.41) is 12.7. The van der Waals surface area contributed by atoms with Crippen LogP contribution in [0.15, 0.2) is 29.3 Å². The van der Waals surface area contributed by atoms with Crippen molar-refractivity contribution in [3.63, 3.8) is 0 Å². The minimum Gasteiger partial charge on any atom is -0.392 e. The highest BCUT2D eigenvalue weighted by molar-refractivity contribution is 7.89. The van der Waals surface area contributed by atoms with Crippen molar-refractivity contribution in [3.05, 3.63) is 46.5 Å².